The minimum absolute atomic E-state index is 0.0245. The van der Waals surface area contributed by atoms with Gasteiger partial charge < -0.3 is 0 Å². The number of halogens is 2. The SMILES string of the molecule is CCP(F)(CC)(CC)c1cc(F)c([N+](=O)[O-])cc1[N+](=O)[O-]. The zero-order valence-corrected chi connectivity index (χ0v) is 12.9. The van der Waals surface area contributed by atoms with Gasteiger partial charge in [-0.1, -0.05) is 0 Å². The molecule has 21 heavy (non-hydrogen) atoms. The number of nitro benzene ring substituents is 2. The summed E-state index contributed by atoms with van der Waals surface area (Å²) in [6, 6.07) is 1.16. The quantitative estimate of drug-likeness (QED) is 0.453. The Hall–Kier alpha value is -1.69. The van der Waals surface area contributed by atoms with Crippen molar-refractivity contribution in [2.45, 2.75) is 20.8 Å². The summed E-state index contributed by atoms with van der Waals surface area (Å²) >= 11 is 0. The van der Waals surface area contributed by atoms with Crippen molar-refractivity contribution in [3.05, 3.63) is 38.2 Å². The Morgan fingerprint density at radius 1 is 1.00 bits per heavy atom. The average molecular weight is 322 g/mol. The molecule has 9 heteroatoms. The normalized spacial score (nSPS) is 13.5. The van der Waals surface area contributed by atoms with E-state index in [2.05, 4.69) is 0 Å². The summed E-state index contributed by atoms with van der Waals surface area (Å²) in [5.41, 5.74) is -1.73. The van der Waals surface area contributed by atoms with E-state index in [1.165, 1.54) is 0 Å². The zero-order chi connectivity index (χ0) is 16.4. The molecule has 0 heterocycles. The first-order valence-electron chi connectivity index (χ1n) is 6.48. The Kier molecular flexibility index (Phi) is 4.63. The van der Waals surface area contributed by atoms with Crippen molar-refractivity contribution in [3.8, 4) is 0 Å². The number of nitrogens with zero attached hydrogens (tertiary/aromatic N) is 2. The van der Waals surface area contributed by atoms with Gasteiger partial charge in [0, 0.05) is 0 Å². The molecule has 1 rings (SSSR count). The van der Waals surface area contributed by atoms with Crippen LogP contribution in [0.4, 0.5) is 20.0 Å². The van der Waals surface area contributed by atoms with Crippen LogP contribution in [0.1, 0.15) is 20.8 Å². The maximum atomic E-state index is 15.7. The molecule has 6 nitrogen and oxygen atoms in total. The summed E-state index contributed by atoms with van der Waals surface area (Å²) in [6.07, 6.45) is 0.0735. The van der Waals surface area contributed by atoms with E-state index in [0.29, 0.717) is 12.1 Å². The van der Waals surface area contributed by atoms with Crippen molar-refractivity contribution in [2.75, 3.05) is 18.5 Å². The van der Waals surface area contributed by atoms with E-state index >= 15 is 4.20 Å². The van der Waals surface area contributed by atoms with Crippen LogP contribution in [0.3, 0.4) is 0 Å². The van der Waals surface area contributed by atoms with Gasteiger partial charge in [-0.25, -0.2) is 0 Å². The summed E-state index contributed by atoms with van der Waals surface area (Å²) in [4.78, 5) is 19.9. The second kappa shape index (κ2) is 5.60. The van der Waals surface area contributed by atoms with Crippen molar-refractivity contribution < 1.29 is 18.4 Å². The van der Waals surface area contributed by atoms with E-state index in [1.807, 2.05) is 0 Å². The molecule has 1 aromatic carbocycles. The topological polar surface area (TPSA) is 86.3 Å². The van der Waals surface area contributed by atoms with Crippen molar-refractivity contribution in [3.63, 3.8) is 0 Å². The number of hydrogen-bond donors (Lipinski definition) is 0. The van der Waals surface area contributed by atoms with Gasteiger partial charge in [0.15, 0.2) is 0 Å². The maximum absolute atomic E-state index is 15.7. The fourth-order valence-electron chi connectivity index (χ4n) is 2.46. The van der Waals surface area contributed by atoms with Crippen LogP contribution >= 0.6 is 6.91 Å². The molecule has 0 aliphatic carbocycles. The zero-order valence-electron chi connectivity index (χ0n) is 12.0. The summed E-state index contributed by atoms with van der Waals surface area (Å²) in [5.74, 6) is -1.25. The Labute approximate surface area is 120 Å². The second-order valence-electron chi connectivity index (χ2n) is 4.84. The van der Waals surface area contributed by atoms with Crippen LogP contribution < -0.4 is 5.30 Å². The van der Waals surface area contributed by atoms with Gasteiger partial charge >= 0.3 is 119 Å². The number of rotatable bonds is 6. The number of nitro groups is 2. The number of benzene rings is 1. The van der Waals surface area contributed by atoms with Gasteiger partial charge in [0.05, 0.1) is 0 Å². The van der Waals surface area contributed by atoms with E-state index in [0.717, 1.165) is 0 Å². The van der Waals surface area contributed by atoms with Gasteiger partial charge in [-0.15, -0.1) is 0 Å². The predicted molar refractivity (Wildman–Crippen MR) is 79.0 cm³/mol. The molecule has 0 saturated heterocycles. The third-order valence-electron chi connectivity index (χ3n) is 4.21. The Balaban J connectivity index is 3.82. The van der Waals surface area contributed by atoms with Gasteiger partial charge in [-0.05, 0) is 0 Å². The molecule has 0 N–H and O–H groups in total. The summed E-state index contributed by atoms with van der Waals surface area (Å²) in [6.45, 7) is 0.508. The molecule has 0 radical (unpaired) electrons. The molecule has 0 spiro atoms. The average Bonchev–Trinajstić information content (AvgIpc) is 2.46. The van der Waals surface area contributed by atoms with Crippen LogP contribution in [0.15, 0.2) is 12.1 Å². The van der Waals surface area contributed by atoms with Crippen LogP contribution in [-0.2, 0) is 0 Å². The predicted octanol–water partition coefficient (Wildman–Crippen LogP) is 3.76. The van der Waals surface area contributed by atoms with Crippen LogP contribution in [0.5, 0.6) is 0 Å². The molecule has 1 aromatic rings. The first-order valence-corrected chi connectivity index (χ1v) is 9.17. The molecule has 118 valence electrons. The molecule has 0 aromatic heterocycles. The second-order valence-corrected chi connectivity index (χ2v) is 10.4. The third kappa shape index (κ3) is 2.72. The van der Waals surface area contributed by atoms with Crippen molar-refractivity contribution in [2.24, 2.45) is 0 Å². The molecular formula is C12H17F2N2O4P. The van der Waals surface area contributed by atoms with Gasteiger partial charge in [0.25, 0.3) is 0 Å². The fraction of sp³-hybridized carbons (Fsp3) is 0.500. The number of hydrogen-bond acceptors (Lipinski definition) is 4. The molecule has 0 aliphatic heterocycles. The first-order chi connectivity index (χ1) is 9.63. The summed E-state index contributed by atoms with van der Waals surface area (Å²) in [5, 5.41) is 21.5. The Bertz CT molecular complexity index is 594. The summed E-state index contributed by atoms with van der Waals surface area (Å²) < 4.78 is 29.6. The van der Waals surface area contributed by atoms with E-state index in [4.69, 9.17) is 0 Å². The molecule has 0 fully saturated rings. The van der Waals surface area contributed by atoms with Crippen molar-refractivity contribution in [1.82, 2.24) is 0 Å². The first kappa shape index (κ1) is 17.4. The van der Waals surface area contributed by atoms with Crippen molar-refractivity contribution in [1.29, 1.82) is 0 Å². The van der Waals surface area contributed by atoms with Crippen LogP contribution in [0.25, 0.3) is 0 Å². The molecule has 0 unspecified atom stereocenters. The van der Waals surface area contributed by atoms with E-state index in [9.17, 15) is 24.6 Å². The summed E-state index contributed by atoms with van der Waals surface area (Å²) in [7, 11) is 0. The molecule has 0 amide bonds. The van der Waals surface area contributed by atoms with Crippen LogP contribution in [-0.4, -0.2) is 28.3 Å². The van der Waals surface area contributed by atoms with E-state index in [-0.39, 0.29) is 23.8 Å². The Morgan fingerprint density at radius 3 is 1.76 bits per heavy atom. The fourth-order valence-corrected chi connectivity index (χ4v) is 5.97. The molecule has 0 atom stereocenters. The van der Waals surface area contributed by atoms with Gasteiger partial charge in [-0.3, -0.25) is 0 Å². The Morgan fingerprint density at radius 2 is 1.43 bits per heavy atom. The van der Waals surface area contributed by atoms with E-state index in [1.54, 1.807) is 20.8 Å². The molecular weight excluding hydrogens is 305 g/mol. The van der Waals surface area contributed by atoms with Crippen LogP contribution in [0, 0.1) is 26.0 Å². The van der Waals surface area contributed by atoms with E-state index < -0.39 is 34.0 Å². The van der Waals surface area contributed by atoms with Gasteiger partial charge in [0.2, 0.25) is 0 Å². The standard InChI is InChI=1S/C12H17F2N2O4P/c1-4-21(14,5-2,6-3)12-7-9(13)10(15(17)18)8-11(12)16(19)20/h7-8H,4-6H2,1-3H3. The molecule has 0 bridgehead atoms. The van der Waals surface area contributed by atoms with Gasteiger partial charge in [-0.2, -0.15) is 0 Å². The molecule has 0 aliphatic rings. The minimum atomic E-state index is -4.18. The van der Waals surface area contributed by atoms with Crippen LogP contribution in [0.2, 0.25) is 0 Å². The van der Waals surface area contributed by atoms with Gasteiger partial charge in [0.1, 0.15) is 0 Å². The third-order valence-corrected chi connectivity index (χ3v) is 10.1. The van der Waals surface area contributed by atoms with Crippen molar-refractivity contribution >= 4 is 23.6 Å². The molecule has 0 saturated carbocycles. The monoisotopic (exact) mass is 322 g/mol.